The fraction of sp³-hybridized carbons (Fsp3) is 0.348. The zero-order valence-electron chi connectivity index (χ0n) is 18.4. The van der Waals surface area contributed by atoms with Gasteiger partial charge in [0.05, 0.1) is 34.9 Å². The molecule has 0 saturated carbocycles. The number of nitrogens with two attached hydrogens (primary N) is 1. The molecule has 10 heteroatoms. The van der Waals surface area contributed by atoms with Gasteiger partial charge in [0, 0.05) is 37.4 Å². The minimum absolute atomic E-state index is 0.0290. The predicted molar refractivity (Wildman–Crippen MR) is 118 cm³/mol. The summed E-state index contributed by atoms with van der Waals surface area (Å²) >= 11 is 0. The van der Waals surface area contributed by atoms with Crippen LogP contribution in [-0.4, -0.2) is 49.6 Å². The van der Waals surface area contributed by atoms with Crippen molar-refractivity contribution in [1.29, 1.82) is 5.26 Å². The number of esters is 1. The molecule has 2 atom stereocenters. The second-order valence-electron chi connectivity index (χ2n) is 8.46. The molecule has 33 heavy (non-hydrogen) atoms. The molecule has 0 radical (unpaired) electrons. The molecule has 10 nitrogen and oxygen atoms in total. The second kappa shape index (κ2) is 8.37. The van der Waals surface area contributed by atoms with Crippen molar-refractivity contribution < 1.29 is 9.53 Å². The number of aromatic nitrogens is 4. The van der Waals surface area contributed by atoms with E-state index >= 15 is 0 Å². The summed E-state index contributed by atoms with van der Waals surface area (Å²) in [4.78, 5) is 27.3. The lowest BCUT2D eigenvalue weighted by molar-refractivity contribution is 0.0535. The van der Waals surface area contributed by atoms with Gasteiger partial charge in [-0.2, -0.15) is 5.26 Å². The van der Waals surface area contributed by atoms with Gasteiger partial charge < -0.3 is 10.5 Å². The third kappa shape index (κ3) is 3.98. The van der Waals surface area contributed by atoms with Crippen LogP contribution in [-0.2, 0) is 17.9 Å². The van der Waals surface area contributed by atoms with Crippen LogP contribution in [0.5, 0.6) is 0 Å². The molecule has 2 aliphatic heterocycles. The Balaban J connectivity index is 1.33. The lowest BCUT2D eigenvalue weighted by Crippen LogP contribution is -2.56. The van der Waals surface area contributed by atoms with E-state index in [1.807, 2.05) is 25.3 Å². The zero-order chi connectivity index (χ0) is 23.1. The Labute approximate surface area is 191 Å². The highest BCUT2D eigenvalue weighted by Crippen LogP contribution is 2.30. The van der Waals surface area contributed by atoms with Gasteiger partial charge >= 0.3 is 5.97 Å². The predicted octanol–water partition coefficient (Wildman–Crippen LogP) is 1.25. The molecule has 0 spiro atoms. The average Bonchev–Trinajstić information content (AvgIpc) is 3.41. The zero-order valence-corrected chi connectivity index (χ0v) is 18.4. The number of aryl methyl sites for hydroxylation is 1. The highest BCUT2D eigenvalue weighted by atomic mass is 16.5. The number of nitriles is 1. The van der Waals surface area contributed by atoms with E-state index in [1.54, 1.807) is 17.8 Å². The standard InChI is InChI=1S/C23H24N8O2/c1-13-17(3-4-18-19(13)11-33-22(18)32)20-9-30(10-21(25)29-20)7-16-8-31(12-27-16)23-26-6-15(5-24)14(2)28-23/h3-4,6,8,12,20-21,29H,7,9-11,25H2,1-2H3/t20-,21+/m0/s1. The maximum atomic E-state index is 11.9. The van der Waals surface area contributed by atoms with Crippen LogP contribution in [0.3, 0.4) is 0 Å². The average molecular weight is 444 g/mol. The van der Waals surface area contributed by atoms with Crippen LogP contribution in [0.4, 0.5) is 0 Å². The maximum Gasteiger partial charge on any atom is 0.338 e. The molecular weight excluding hydrogens is 420 g/mol. The number of rotatable bonds is 4. The fourth-order valence-corrected chi connectivity index (χ4v) is 4.51. The molecule has 2 aliphatic rings. The van der Waals surface area contributed by atoms with Gasteiger partial charge in [0.25, 0.3) is 0 Å². The van der Waals surface area contributed by atoms with E-state index in [2.05, 4.69) is 31.2 Å². The van der Waals surface area contributed by atoms with E-state index in [0.29, 0.717) is 42.5 Å². The first kappa shape index (κ1) is 21.2. The molecule has 0 unspecified atom stereocenters. The van der Waals surface area contributed by atoms with Crippen LogP contribution in [0.25, 0.3) is 5.95 Å². The van der Waals surface area contributed by atoms with Gasteiger partial charge in [0.15, 0.2) is 0 Å². The van der Waals surface area contributed by atoms with Crippen molar-refractivity contribution >= 4 is 5.97 Å². The molecule has 168 valence electrons. The normalized spacial score (nSPS) is 20.4. The molecule has 4 heterocycles. The Morgan fingerprint density at radius 2 is 2.15 bits per heavy atom. The van der Waals surface area contributed by atoms with E-state index in [0.717, 1.165) is 28.9 Å². The summed E-state index contributed by atoms with van der Waals surface area (Å²) in [6.07, 6.45) is 4.90. The summed E-state index contributed by atoms with van der Waals surface area (Å²) < 4.78 is 6.95. The Kier molecular flexibility index (Phi) is 5.38. The number of piperazine rings is 1. The Hall–Kier alpha value is -3.65. The summed E-state index contributed by atoms with van der Waals surface area (Å²) in [6, 6.07) is 5.95. The summed E-state index contributed by atoms with van der Waals surface area (Å²) in [7, 11) is 0. The first-order valence-corrected chi connectivity index (χ1v) is 10.7. The minimum Gasteiger partial charge on any atom is -0.457 e. The highest BCUT2D eigenvalue weighted by molar-refractivity contribution is 5.94. The van der Waals surface area contributed by atoms with Gasteiger partial charge in [-0.25, -0.2) is 19.7 Å². The molecule has 0 aliphatic carbocycles. The Bertz CT molecular complexity index is 1280. The number of ether oxygens (including phenoxy) is 1. The minimum atomic E-state index is -0.258. The van der Waals surface area contributed by atoms with Crippen LogP contribution in [0.2, 0.25) is 0 Å². The van der Waals surface area contributed by atoms with Crippen LogP contribution < -0.4 is 11.1 Å². The molecule has 3 aromatic rings. The smallest absolute Gasteiger partial charge is 0.338 e. The van der Waals surface area contributed by atoms with Crippen molar-refractivity contribution in [1.82, 2.24) is 29.7 Å². The largest absolute Gasteiger partial charge is 0.457 e. The van der Waals surface area contributed by atoms with Gasteiger partial charge in [0.1, 0.15) is 19.0 Å². The first-order chi connectivity index (χ1) is 15.9. The highest BCUT2D eigenvalue weighted by Gasteiger charge is 2.30. The lowest BCUT2D eigenvalue weighted by atomic mass is 9.93. The number of carbonyl (C=O) groups is 1. The van der Waals surface area contributed by atoms with Gasteiger partial charge in [-0.3, -0.25) is 14.8 Å². The van der Waals surface area contributed by atoms with Crippen LogP contribution in [0, 0.1) is 25.2 Å². The number of fused-ring (bicyclic) bond motifs is 1. The number of imidazole rings is 1. The third-order valence-electron chi connectivity index (χ3n) is 6.23. The van der Waals surface area contributed by atoms with Gasteiger partial charge in [-0.15, -0.1) is 0 Å². The van der Waals surface area contributed by atoms with E-state index in [9.17, 15) is 4.79 Å². The number of carbonyl (C=O) groups excluding carboxylic acids is 1. The molecular formula is C23H24N8O2. The summed E-state index contributed by atoms with van der Waals surface area (Å²) in [5, 5.41) is 12.6. The summed E-state index contributed by atoms with van der Waals surface area (Å²) in [5.41, 5.74) is 12.1. The van der Waals surface area contributed by atoms with Crippen molar-refractivity contribution in [2.24, 2.45) is 5.73 Å². The molecule has 2 aromatic heterocycles. The molecule has 0 amide bonds. The quantitative estimate of drug-likeness (QED) is 0.570. The summed E-state index contributed by atoms with van der Waals surface area (Å²) in [5.74, 6) is 0.220. The molecule has 1 fully saturated rings. The first-order valence-electron chi connectivity index (χ1n) is 10.7. The van der Waals surface area contributed by atoms with Crippen molar-refractivity contribution in [2.45, 2.75) is 39.2 Å². The van der Waals surface area contributed by atoms with Crippen molar-refractivity contribution in [3.05, 3.63) is 70.1 Å². The van der Waals surface area contributed by atoms with E-state index in [4.69, 9.17) is 15.7 Å². The lowest BCUT2D eigenvalue weighted by Gasteiger charge is -2.38. The van der Waals surface area contributed by atoms with Crippen molar-refractivity contribution in [3.8, 4) is 12.0 Å². The molecule has 1 saturated heterocycles. The fourth-order valence-electron chi connectivity index (χ4n) is 4.51. The molecule has 0 bridgehead atoms. The Morgan fingerprint density at radius 3 is 2.94 bits per heavy atom. The topological polar surface area (TPSA) is 135 Å². The van der Waals surface area contributed by atoms with Gasteiger partial charge in [-0.1, -0.05) is 6.07 Å². The molecule has 3 N–H and O–H groups in total. The Morgan fingerprint density at radius 1 is 1.30 bits per heavy atom. The van der Waals surface area contributed by atoms with E-state index in [-0.39, 0.29) is 18.2 Å². The SMILES string of the molecule is Cc1nc(-n2cnc(CN3C[C@@H](c4ccc5c(c4C)COC5=O)N[C@@H](N)C3)c2)ncc1C#N. The number of cyclic esters (lactones) is 1. The van der Waals surface area contributed by atoms with E-state index < -0.39 is 0 Å². The molecule has 5 rings (SSSR count). The summed E-state index contributed by atoms with van der Waals surface area (Å²) in [6.45, 7) is 6.20. The van der Waals surface area contributed by atoms with E-state index in [1.165, 1.54) is 6.20 Å². The number of hydrogen-bond donors (Lipinski definition) is 2. The second-order valence-corrected chi connectivity index (χ2v) is 8.46. The van der Waals surface area contributed by atoms with Crippen molar-refractivity contribution in [3.63, 3.8) is 0 Å². The van der Waals surface area contributed by atoms with Gasteiger partial charge in [0.2, 0.25) is 5.95 Å². The number of hydrogen-bond acceptors (Lipinski definition) is 9. The van der Waals surface area contributed by atoms with Crippen LogP contribution >= 0.6 is 0 Å². The monoisotopic (exact) mass is 444 g/mol. The van der Waals surface area contributed by atoms with Crippen LogP contribution in [0.1, 0.15) is 50.0 Å². The maximum absolute atomic E-state index is 11.9. The van der Waals surface area contributed by atoms with Crippen molar-refractivity contribution in [2.75, 3.05) is 13.1 Å². The van der Waals surface area contributed by atoms with Gasteiger partial charge in [-0.05, 0) is 31.0 Å². The molecule has 1 aromatic carbocycles. The number of nitrogens with zero attached hydrogens (tertiary/aromatic N) is 6. The number of nitrogens with one attached hydrogen (secondary N) is 1. The third-order valence-corrected chi connectivity index (χ3v) is 6.23. The number of benzene rings is 1. The van der Waals surface area contributed by atoms with Crippen LogP contribution in [0.15, 0.2) is 30.9 Å².